The van der Waals surface area contributed by atoms with Gasteiger partial charge in [0.1, 0.15) is 6.61 Å². The standard InChI is InChI=1S/C20H30FN3O3/c1-16(15-27-19-5-3-2-4-18(19)21)22-20(25)24-8-6-17(7-9-24)14-23-10-12-26-13-11-23/h2-5,16-17H,6-15H2,1H3,(H,22,25)/t16-/m0/s1. The van der Waals surface area contributed by atoms with Gasteiger partial charge in [-0.1, -0.05) is 12.1 Å². The number of hydrogen-bond acceptors (Lipinski definition) is 4. The predicted molar refractivity (Wildman–Crippen MR) is 101 cm³/mol. The van der Waals surface area contributed by atoms with E-state index in [0.29, 0.717) is 5.92 Å². The number of morpholine rings is 1. The summed E-state index contributed by atoms with van der Waals surface area (Å²) in [5.41, 5.74) is 0. The van der Waals surface area contributed by atoms with Gasteiger partial charge < -0.3 is 19.7 Å². The number of nitrogens with one attached hydrogen (secondary N) is 1. The average molecular weight is 379 g/mol. The Hall–Kier alpha value is -1.86. The minimum absolute atomic E-state index is 0.0653. The number of para-hydroxylation sites is 1. The summed E-state index contributed by atoms with van der Waals surface area (Å²) in [5, 5.41) is 2.95. The molecular weight excluding hydrogens is 349 g/mol. The largest absolute Gasteiger partial charge is 0.488 e. The number of piperidine rings is 1. The van der Waals surface area contributed by atoms with E-state index in [1.165, 1.54) is 6.07 Å². The van der Waals surface area contributed by atoms with Crippen LogP contribution in [0.5, 0.6) is 5.75 Å². The number of hydrogen-bond donors (Lipinski definition) is 1. The summed E-state index contributed by atoms with van der Waals surface area (Å²) in [7, 11) is 0. The van der Waals surface area contributed by atoms with E-state index in [1.54, 1.807) is 18.2 Å². The third kappa shape index (κ3) is 6.07. The Morgan fingerprint density at radius 2 is 1.96 bits per heavy atom. The number of halogens is 1. The number of amides is 2. The van der Waals surface area contributed by atoms with E-state index in [1.807, 2.05) is 11.8 Å². The van der Waals surface area contributed by atoms with Gasteiger partial charge >= 0.3 is 6.03 Å². The van der Waals surface area contributed by atoms with Gasteiger partial charge in [0.25, 0.3) is 0 Å². The van der Waals surface area contributed by atoms with Crippen molar-refractivity contribution in [2.75, 3.05) is 52.5 Å². The second-order valence-electron chi connectivity index (χ2n) is 7.44. The molecule has 2 heterocycles. The second-order valence-corrected chi connectivity index (χ2v) is 7.44. The zero-order chi connectivity index (χ0) is 19.1. The topological polar surface area (TPSA) is 54.0 Å². The van der Waals surface area contributed by atoms with Crippen LogP contribution in [0.15, 0.2) is 24.3 Å². The second kappa shape index (κ2) is 9.90. The number of carbonyl (C=O) groups is 1. The van der Waals surface area contributed by atoms with E-state index in [-0.39, 0.29) is 24.4 Å². The van der Waals surface area contributed by atoms with Crippen LogP contribution in [0.2, 0.25) is 0 Å². The Balaban J connectivity index is 1.35. The van der Waals surface area contributed by atoms with Crippen LogP contribution in [0.1, 0.15) is 19.8 Å². The molecule has 0 spiro atoms. The molecular formula is C20H30FN3O3. The van der Waals surface area contributed by atoms with Gasteiger partial charge in [-0.15, -0.1) is 0 Å². The highest BCUT2D eigenvalue weighted by molar-refractivity contribution is 5.74. The Kier molecular flexibility index (Phi) is 7.29. The number of rotatable bonds is 6. The molecule has 2 amide bonds. The van der Waals surface area contributed by atoms with Crippen molar-refractivity contribution in [1.82, 2.24) is 15.1 Å². The van der Waals surface area contributed by atoms with Gasteiger partial charge in [-0.3, -0.25) is 4.90 Å². The molecule has 2 aliphatic heterocycles. The molecule has 0 aliphatic carbocycles. The normalized spacial score (nSPS) is 20.3. The molecule has 150 valence electrons. The van der Waals surface area contributed by atoms with Gasteiger partial charge in [0.15, 0.2) is 11.6 Å². The first kappa shape index (κ1) is 19.9. The molecule has 0 aromatic heterocycles. The monoisotopic (exact) mass is 379 g/mol. The zero-order valence-electron chi connectivity index (χ0n) is 16.0. The van der Waals surface area contributed by atoms with E-state index in [0.717, 1.165) is 58.8 Å². The summed E-state index contributed by atoms with van der Waals surface area (Å²) in [6, 6.07) is 6.04. The van der Waals surface area contributed by atoms with Crippen LogP contribution in [0, 0.1) is 11.7 Å². The summed E-state index contributed by atoms with van der Waals surface area (Å²) in [6.45, 7) is 8.45. The smallest absolute Gasteiger partial charge is 0.317 e. The Morgan fingerprint density at radius 1 is 1.26 bits per heavy atom. The summed E-state index contributed by atoms with van der Waals surface area (Å²) in [5.74, 6) is 0.467. The lowest BCUT2D eigenvalue weighted by Gasteiger charge is -2.36. The molecule has 2 fully saturated rings. The van der Waals surface area contributed by atoms with Crippen LogP contribution in [-0.2, 0) is 4.74 Å². The van der Waals surface area contributed by atoms with Crippen molar-refractivity contribution in [1.29, 1.82) is 0 Å². The molecule has 6 nitrogen and oxygen atoms in total. The molecule has 0 radical (unpaired) electrons. The summed E-state index contributed by atoms with van der Waals surface area (Å²) >= 11 is 0. The third-order valence-corrected chi connectivity index (χ3v) is 5.22. The van der Waals surface area contributed by atoms with Crippen molar-refractivity contribution in [2.45, 2.75) is 25.8 Å². The van der Waals surface area contributed by atoms with Crippen LogP contribution < -0.4 is 10.1 Å². The van der Waals surface area contributed by atoms with Crippen molar-refractivity contribution in [3.8, 4) is 5.75 Å². The van der Waals surface area contributed by atoms with E-state index in [9.17, 15) is 9.18 Å². The van der Waals surface area contributed by atoms with Crippen molar-refractivity contribution in [2.24, 2.45) is 5.92 Å². The lowest BCUT2D eigenvalue weighted by atomic mass is 9.96. The summed E-state index contributed by atoms with van der Waals surface area (Å²) < 4.78 is 24.4. The lowest BCUT2D eigenvalue weighted by Crippen LogP contribution is -2.49. The Morgan fingerprint density at radius 3 is 2.67 bits per heavy atom. The van der Waals surface area contributed by atoms with E-state index in [4.69, 9.17) is 9.47 Å². The van der Waals surface area contributed by atoms with Gasteiger partial charge in [0, 0.05) is 32.7 Å². The van der Waals surface area contributed by atoms with Crippen LogP contribution in [0.25, 0.3) is 0 Å². The van der Waals surface area contributed by atoms with Gasteiger partial charge in [0.05, 0.1) is 19.3 Å². The van der Waals surface area contributed by atoms with Gasteiger partial charge in [0.2, 0.25) is 0 Å². The number of nitrogens with zero attached hydrogens (tertiary/aromatic N) is 2. The maximum absolute atomic E-state index is 13.6. The molecule has 3 rings (SSSR count). The number of ether oxygens (including phenoxy) is 2. The number of urea groups is 1. The molecule has 0 saturated carbocycles. The summed E-state index contributed by atoms with van der Waals surface area (Å²) in [6.07, 6.45) is 2.07. The zero-order valence-corrected chi connectivity index (χ0v) is 16.0. The highest BCUT2D eigenvalue weighted by atomic mass is 19.1. The average Bonchev–Trinajstić information content (AvgIpc) is 2.69. The first-order valence-corrected chi connectivity index (χ1v) is 9.84. The van der Waals surface area contributed by atoms with E-state index in [2.05, 4.69) is 10.2 Å². The van der Waals surface area contributed by atoms with Crippen molar-refractivity contribution in [3.05, 3.63) is 30.1 Å². The number of likely N-dealkylation sites (tertiary alicyclic amines) is 1. The molecule has 0 unspecified atom stereocenters. The maximum atomic E-state index is 13.6. The van der Waals surface area contributed by atoms with Gasteiger partial charge in [-0.2, -0.15) is 0 Å². The lowest BCUT2D eigenvalue weighted by molar-refractivity contribution is 0.0258. The van der Waals surface area contributed by atoms with Crippen molar-refractivity contribution >= 4 is 6.03 Å². The quantitative estimate of drug-likeness (QED) is 0.824. The van der Waals surface area contributed by atoms with E-state index < -0.39 is 5.82 Å². The summed E-state index contributed by atoms with van der Waals surface area (Å²) in [4.78, 5) is 16.8. The van der Waals surface area contributed by atoms with Crippen LogP contribution in [-0.4, -0.2) is 74.4 Å². The van der Waals surface area contributed by atoms with Gasteiger partial charge in [-0.25, -0.2) is 9.18 Å². The highest BCUT2D eigenvalue weighted by Crippen LogP contribution is 2.19. The number of benzene rings is 1. The fourth-order valence-electron chi connectivity index (χ4n) is 3.59. The van der Waals surface area contributed by atoms with Crippen LogP contribution >= 0.6 is 0 Å². The molecule has 1 N–H and O–H groups in total. The Labute approximate surface area is 160 Å². The van der Waals surface area contributed by atoms with Crippen LogP contribution in [0.4, 0.5) is 9.18 Å². The highest BCUT2D eigenvalue weighted by Gasteiger charge is 2.25. The molecule has 27 heavy (non-hydrogen) atoms. The fourth-order valence-corrected chi connectivity index (χ4v) is 3.59. The predicted octanol–water partition coefficient (Wildman–Crippen LogP) is 2.35. The molecule has 0 bridgehead atoms. The minimum atomic E-state index is -0.390. The molecule has 2 saturated heterocycles. The molecule has 1 atom stereocenters. The maximum Gasteiger partial charge on any atom is 0.317 e. The van der Waals surface area contributed by atoms with E-state index >= 15 is 0 Å². The fraction of sp³-hybridized carbons (Fsp3) is 0.650. The minimum Gasteiger partial charge on any atom is -0.488 e. The molecule has 1 aromatic rings. The molecule has 1 aromatic carbocycles. The Bertz CT molecular complexity index is 602. The SMILES string of the molecule is C[C@@H](COc1ccccc1F)NC(=O)N1CCC(CN2CCOCC2)CC1. The van der Waals surface area contributed by atoms with Gasteiger partial charge in [-0.05, 0) is 37.8 Å². The number of carbonyl (C=O) groups excluding carboxylic acids is 1. The third-order valence-electron chi connectivity index (χ3n) is 5.22. The first-order chi connectivity index (χ1) is 13.1. The van der Waals surface area contributed by atoms with Crippen molar-refractivity contribution in [3.63, 3.8) is 0 Å². The van der Waals surface area contributed by atoms with Crippen molar-refractivity contribution < 1.29 is 18.7 Å². The molecule has 2 aliphatic rings. The van der Waals surface area contributed by atoms with Crippen LogP contribution in [0.3, 0.4) is 0 Å². The molecule has 7 heteroatoms. The first-order valence-electron chi connectivity index (χ1n) is 9.84.